The molecule has 124 valence electrons. The molecule has 1 aliphatic rings. The van der Waals surface area contributed by atoms with Gasteiger partial charge in [0.05, 0.1) is 6.04 Å². The Hall–Kier alpha value is -0.900. The van der Waals surface area contributed by atoms with Gasteiger partial charge < -0.3 is 10.9 Å². The minimum Gasteiger partial charge on any atom is -0.409 e. The fourth-order valence-corrected chi connectivity index (χ4v) is 3.71. The zero-order chi connectivity index (χ0) is 16.0. The summed E-state index contributed by atoms with van der Waals surface area (Å²) in [5.41, 5.74) is 5.67. The Morgan fingerprint density at radius 3 is 2.33 bits per heavy atom. The minimum atomic E-state index is -3.41. The van der Waals surface area contributed by atoms with Gasteiger partial charge in [0.1, 0.15) is 0 Å². The molecule has 8 nitrogen and oxygen atoms in total. The minimum absolute atomic E-state index is 0.150. The third-order valence-corrected chi connectivity index (χ3v) is 5.15. The van der Waals surface area contributed by atoms with Gasteiger partial charge in [0, 0.05) is 32.7 Å². The standard InChI is InChI=1S/C12H27N5O3S/c1-4-11(12(13)15-18)16-5-7-17(8-6-16)21(19,20)14-9-10(2)3/h10-11,14,18H,4-9H2,1-3H3,(H2,13,15). The molecular formula is C12H27N5O3S. The van der Waals surface area contributed by atoms with Crippen molar-refractivity contribution in [1.29, 1.82) is 0 Å². The van der Waals surface area contributed by atoms with Gasteiger partial charge in [-0.3, -0.25) is 4.90 Å². The Bertz CT molecular complexity index is 444. The van der Waals surface area contributed by atoms with Crippen LogP contribution in [0.25, 0.3) is 0 Å². The average Bonchev–Trinajstić information content (AvgIpc) is 2.46. The van der Waals surface area contributed by atoms with E-state index in [1.165, 1.54) is 4.31 Å². The first kappa shape index (κ1) is 18.1. The molecule has 1 unspecified atom stereocenters. The molecule has 0 radical (unpaired) electrons. The van der Waals surface area contributed by atoms with Gasteiger partial charge in [-0.15, -0.1) is 0 Å². The van der Waals surface area contributed by atoms with E-state index in [2.05, 4.69) is 9.88 Å². The van der Waals surface area contributed by atoms with Crippen LogP contribution in [0.15, 0.2) is 5.16 Å². The quantitative estimate of drug-likeness (QED) is 0.256. The lowest BCUT2D eigenvalue weighted by atomic mass is 10.1. The molecular weight excluding hydrogens is 294 g/mol. The van der Waals surface area contributed by atoms with Crippen molar-refractivity contribution >= 4 is 16.0 Å². The van der Waals surface area contributed by atoms with E-state index in [4.69, 9.17) is 10.9 Å². The first-order valence-electron chi connectivity index (χ1n) is 7.28. The summed E-state index contributed by atoms with van der Waals surface area (Å²) in [5, 5.41) is 11.9. The summed E-state index contributed by atoms with van der Waals surface area (Å²) in [4.78, 5) is 2.05. The van der Waals surface area contributed by atoms with Crippen molar-refractivity contribution in [1.82, 2.24) is 13.9 Å². The maximum absolute atomic E-state index is 12.1. The average molecular weight is 321 g/mol. The maximum Gasteiger partial charge on any atom is 0.279 e. The number of rotatable bonds is 7. The van der Waals surface area contributed by atoms with Crippen molar-refractivity contribution in [2.75, 3.05) is 32.7 Å². The fraction of sp³-hybridized carbons (Fsp3) is 0.917. The van der Waals surface area contributed by atoms with Crippen LogP contribution in [0.2, 0.25) is 0 Å². The highest BCUT2D eigenvalue weighted by molar-refractivity contribution is 7.87. The molecule has 0 aromatic rings. The molecule has 0 aliphatic carbocycles. The number of oxime groups is 1. The summed E-state index contributed by atoms with van der Waals surface area (Å²) in [5.74, 6) is 0.442. The molecule has 1 heterocycles. The Morgan fingerprint density at radius 2 is 1.90 bits per heavy atom. The van der Waals surface area contributed by atoms with Crippen LogP contribution < -0.4 is 10.5 Å². The van der Waals surface area contributed by atoms with E-state index in [1.54, 1.807) is 0 Å². The molecule has 0 saturated carbocycles. The number of amidine groups is 1. The molecule has 1 rings (SSSR count). The van der Waals surface area contributed by atoms with E-state index in [1.807, 2.05) is 25.7 Å². The summed E-state index contributed by atoms with van der Waals surface area (Å²) in [6.45, 7) is 8.26. The predicted octanol–water partition coefficient (Wildman–Crippen LogP) is -0.381. The van der Waals surface area contributed by atoms with Crippen LogP contribution in [0.5, 0.6) is 0 Å². The number of hydrogen-bond donors (Lipinski definition) is 3. The van der Waals surface area contributed by atoms with Crippen molar-refractivity contribution in [2.45, 2.75) is 33.2 Å². The highest BCUT2D eigenvalue weighted by Crippen LogP contribution is 2.12. The highest BCUT2D eigenvalue weighted by atomic mass is 32.2. The van der Waals surface area contributed by atoms with Crippen LogP contribution in [0.4, 0.5) is 0 Å². The Labute approximate surface area is 127 Å². The molecule has 0 aromatic carbocycles. The van der Waals surface area contributed by atoms with Crippen molar-refractivity contribution in [3.8, 4) is 0 Å². The second-order valence-corrected chi connectivity index (χ2v) is 7.39. The molecule has 1 fully saturated rings. The maximum atomic E-state index is 12.1. The molecule has 1 atom stereocenters. The van der Waals surface area contributed by atoms with Gasteiger partial charge in [-0.2, -0.15) is 12.7 Å². The van der Waals surface area contributed by atoms with Crippen LogP contribution in [-0.4, -0.2) is 67.4 Å². The van der Waals surface area contributed by atoms with Gasteiger partial charge in [0.2, 0.25) is 0 Å². The zero-order valence-corrected chi connectivity index (χ0v) is 13.8. The number of nitrogens with one attached hydrogen (secondary N) is 1. The van der Waals surface area contributed by atoms with E-state index >= 15 is 0 Å². The van der Waals surface area contributed by atoms with Gasteiger partial charge in [-0.25, -0.2) is 4.72 Å². The lowest BCUT2D eigenvalue weighted by Crippen LogP contribution is -2.56. The van der Waals surface area contributed by atoms with E-state index in [-0.39, 0.29) is 17.8 Å². The first-order chi connectivity index (χ1) is 9.81. The number of piperazine rings is 1. The van der Waals surface area contributed by atoms with Crippen molar-refractivity contribution in [3.63, 3.8) is 0 Å². The molecule has 21 heavy (non-hydrogen) atoms. The summed E-state index contributed by atoms with van der Waals surface area (Å²) in [6, 6.07) is -0.150. The van der Waals surface area contributed by atoms with E-state index in [9.17, 15) is 8.42 Å². The zero-order valence-electron chi connectivity index (χ0n) is 13.0. The number of nitrogens with two attached hydrogens (primary N) is 1. The summed E-state index contributed by atoms with van der Waals surface area (Å²) in [7, 11) is -3.41. The van der Waals surface area contributed by atoms with Gasteiger partial charge in [0.15, 0.2) is 5.84 Å². The van der Waals surface area contributed by atoms with E-state index in [0.29, 0.717) is 39.1 Å². The number of nitrogens with zero attached hydrogens (tertiary/aromatic N) is 3. The van der Waals surface area contributed by atoms with Crippen LogP contribution in [0.3, 0.4) is 0 Å². The summed E-state index contributed by atoms with van der Waals surface area (Å²) >= 11 is 0. The normalized spacial score (nSPS) is 20.9. The monoisotopic (exact) mass is 321 g/mol. The predicted molar refractivity (Wildman–Crippen MR) is 82.4 cm³/mol. The molecule has 1 saturated heterocycles. The van der Waals surface area contributed by atoms with E-state index in [0.717, 1.165) is 0 Å². The smallest absolute Gasteiger partial charge is 0.279 e. The first-order valence-corrected chi connectivity index (χ1v) is 8.72. The Morgan fingerprint density at radius 1 is 1.33 bits per heavy atom. The molecule has 4 N–H and O–H groups in total. The molecule has 1 aliphatic heterocycles. The van der Waals surface area contributed by atoms with Crippen molar-refractivity contribution in [2.24, 2.45) is 16.8 Å². The SMILES string of the molecule is CCC(C(N)=NO)N1CCN(S(=O)(=O)NCC(C)C)CC1. The van der Waals surface area contributed by atoms with Crippen LogP contribution in [0.1, 0.15) is 27.2 Å². The van der Waals surface area contributed by atoms with Gasteiger partial charge in [-0.05, 0) is 12.3 Å². The van der Waals surface area contributed by atoms with Crippen LogP contribution >= 0.6 is 0 Å². The van der Waals surface area contributed by atoms with Crippen LogP contribution in [0, 0.1) is 5.92 Å². The topological polar surface area (TPSA) is 111 Å². The summed E-state index contributed by atoms with van der Waals surface area (Å²) in [6.07, 6.45) is 0.717. The van der Waals surface area contributed by atoms with Gasteiger partial charge >= 0.3 is 0 Å². The van der Waals surface area contributed by atoms with Crippen molar-refractivity contribution in [3.05, 3.63) is 0 Å². The largest absolute Gasteiger partial charge is 0.409 e. The third-order valence-electron chi connectivity index (χ3n) is 3.57. The molecule has 0 aromatic heterocycles. The second kappa shape index (κ2) is 7.92. The lowest BCUT2D eigenvalue weighted by molar-refractivity contribution is 0.160. The molecule has 9 heteroatoms. The van der Waals surface area contributed by atoms with Crippen molar-refractivity contribution < 1.29 is 13.6 Å². The van der Waals surface area contributed by atoms with Gasteiger partial charge in [0.25, 0.3) is 10.2 Å². The lowest BCUT2D eigenvalue weighted by Gasteiger charge is -2.37. The fourth-order valence-electron chi connectivity index (χ4n) is 2.34. The highest BCUT2D eigenvalue weighted by Gasteiger charge is 2.30. The van der Waals surface area contributed by atoms with Crippen LogP contribution in [-0.2, 0) is 10.2 Å². The van der Waals surface area contributed by atoms with E-state index < -0.39 is 10.2 Å². The third kappa shape index (κ3) is 5.10. The molecule has 0 bridgehead atoms. The molecule has 0 spiro atoms. The number of hydrogen-bond acceptors (Lipinski definition) is 5. The summed E-state index contributed by atoms with van der Waals surface area (Å²) < 4.78 is 28.3. The Balaban J connectivity index is 2.59. The van der Waals surface area contributed by atoms with Gasteiger partial charge in [-0.1, -0.05) is 25.9 Å². The Kier molecular flexibility index (Phi) is 6.85. The molecule has 0 amide bonds. The second-order valence-electron chi connectivity index (χ2n) is 5.63.